The fourth-order valence-corrected chi connectivity index (χ4v) is 3.34. The zero-order chi connectivity index (χ0) is 12.5. The Morgan fingerprint density at radius 3 is 2.65 bits per heavy atom. The third kappa shape index (κ3) is 2.44. The number of aldehydes is 1. The van der Waals surface area contributed by atoms with Crippen LogP contribution in [-0.4, -0.2) is 6.29 Å². The fourth-order valence-electron chi connectivity index (χ4n) is 1.56. The average Bonchev–Trinajstić information content (AvgIpc) is 2.76. The minimum Gasteiger partial charge on any atom is -0.297 e. The van der Waals surface area contributed by atoms with Gasteiger partial charge in [0.2, 0.25) is 0 Å². The molecule has 1 aromatic carbocycles. The Kier molecular flexibility index (Phi) is 3.11. The van der Waals surface area contributed by atoms with Gasteiger partial charge < -0.3 is 0 Å². The van der Waals surface area contributed by atoms with Crippen LogP contribution < -0.4 is 0 Å². The van der Waals surface area contributed by atoms with Crippen molar-refractivity contribution < 1.29 is 18.0 Å². The summed E-state index contributed by atoms with van der Waals surface area (Å²) < 4.78 is 37.6. The summed E-state index contributed by atoms with van der Waals surface area (Å²) in [4.78, 5) is 11.8. The average molecular weight is 258 g/mol. The summed E-state index contributed by atoms with van der Waals surface area (Å²) in [5.74, 6) is 0. The smallest absolute Gasteiger partial charge is 0.297 e. The zero-order valence-electron chi connectivity index (χ0n) is 8.61. The van der Waals surface area contributed by atoms with E-state index in [-0.39, 0.29) is 0 Å². The number of hydrogen-bond donors (Lipinski definition) is 1. The van der Waals surface area contributed by atoms with Crippen molar-refractivity contribution >= 4 is 17.2 Å². The van der Waals surface area contributed by atoms with Gasteiger partial charge in [-0.1, -0.05) is 12.1 Å². The normalized spacial score (nSPS) is 21.4. The second-order valence-corrected chi connectivity index (χ2v) is 5.54. The standard InChI is InChI=1S/C12H9F3OS/c13-12(14,15)9-3-1-4-10(7-9)17-6-2-5-11(17)8-16/h1-8,17H. The van der Waals surface area contributed by atoms with E-state index in [1.807, 2.05) is 0 Å². The first kappa shape index (κ1) is 12.0. The number of thiol groups is 1. The van der Waals surface area contributed by atoms with Gasteiger partial charge in [-0.2, -0.15) is 24.1 Å². The Morgan fingerprint density at radius 1 is 1.24 bits per heavy atom. The lowest BCUT2D eigenvalue weighted by Gasteiger charge is -2.16. The molecule has 0 bridgehead atoms. The second kappa shape index (κ2) is 4.41. The summed E-state index contributed by atoms with van der Waals surface area (Å²) in [7, 11) is -1.05. The molecule has 0 aliphatic carbocycles. The summed E-state index contributed by atoms with van der Waals surface area (Å²) in [6, 6.07) is 5.13. The highest BCUT2D eigenvalue weighted by Crippen LogP contribution is 2.48. The van der Waals surface area contributed by atoms with Gasteiger partial charge in [0, 0.05) is 4.91 Å². The Morgan fingerprint density at radius 2 is 2.00 bits per heavy atom. The van der Waals surface area contributed by atoms with E-state index in [4.69, 9.17) is 0 Å². The highest BCUT2D eigenvalue weighted by Gasteiger charge is 2.30. The van der Waals surface area contributed by atoms with Crippen LogP contribution in [0.2, 0.25) is 0 Å². The molecule has 0 spiro atoms. The van der Waals surface area contributed by atoms with Crippen LogP contribution in [0.15, 0.2) is 51.6 Å². The van der Waals surface area contributed by atoms with Crippen molar-refractivity contribution in [2.45, 2.75) is 11.1 Å². The number of halogens is 3. The maximum absolute atomic E-state index is 12.5. The van der Waals surface area contributed by atoms with Crippen LogP contribution in [0, 0.1) is 0 Å². The summed E-state index contributed by atoms with van der Waals surface area (Å²) >= 11 is 0. The monoisotopic (exact) mass is 258 g/mol. The largest absolute Gasteiger partial charge is 0.416 e. The van der Waals surface area contributed by atoms with Crippen molar-refractivity contribution in [3.05, 3.63) is 52.3 Å². The van der Waals surface area contributed by atoms with E-state index < -0.39 is 22.6 Å². The van der Waals surface area contributed by atoms with Crippen molar-refractivity contribution in [1.29, 1.82) is 0 Å². The molecule has 1 nitrogen and oxygen atoms in total. The van der Waals surface area contributed by atoms with Crippen LogP contribution in [-0.2, 0) is 11.0 Å². The number of alkyl halides is 3. The Hall–Kier alpha value is -1.49. The van der Waals surface area contributed by atoms with Crippen molar-refractivity contribution in [3.63, 3.8) is 0 Å². The lowest BCUT2D eigenvalue weighted by Crippen LogP contribution is -2.04. The molecule has 0 N–H and O–H groups in total. The minimum absolute atomic E-state index is 0.541. The number of allylic oxidation sites excluding steroid dienone is 3. The quantitative estimate of drug-likeness (QED) is 0.632. The summed E-state index contributed by atoms with van der Waals surface area (Å²) in [6.45, 7) is 0. The van der Waals surface area contributed by atoms with E-state index in [0.29, 0.717) is 16.1 Å². The van der Waals surface area contributed by atoms with E-state index in [9.17, 15) is 18.0 Å². The maximum atomic E-state index is 12.5. The first-order valence-electron chi connectivity index (χ1n) is 4.82. The van der Waals surface area contributed by atoms with Crippen molar-refractivity contribution in [1.82, 2.24) is 0 Å². The molecule has 2 rings (SSSR count). The highest BCUT2D eigenvalue weighted by atomic mass is 32.2. The molecule has 0 saturated carbocycles. The van der Waals surface area contributed by atoms with Crippen molar-refractivity contribution in [2.75, 3.05) is 0 Å². The molecule has 1 aliphatic heterocycles. The highest BCUT2D eigenvalue weighted by molar-refractivity contribution is 8.23. The van der Waals surface area contributed by atoms with Gasteiger partial charge in [0.05, 0.1) is 5.56 Å². The first-order valence-corrected chi connectivity index (χ1v) is 6.23. The van der Waals surface area contributed by atoms with Gasteiger partial charge in [0.1, 0.15) is 0 Å². The van der Waals surface area contributed by atoms with E-state index in [2.05, 4.69) is 0 Å². The zero-order valence-corrected chi connectivity index (χ0v) is 9.50. The molecule has 0 aromatic heterocycles. The van der Waals surface area contributed by atoms with Crippen molar-refractivity contribution in [2.24, 2.45) is 0 Å². The summed E-state index contributed by atoms with van der Waals surface area (Å²) in [5.41, 5.74) is -0.678. The van der Waals surface area contributed by atoms with E-state index >= 15 is 0 Å². The van der Waals surface area contributed by atoms with Crippen LogP contribution in [0.25, 0.3) is 0 Å². The summed E-state index contributed by atoms with van der Waals surface area (Å²) in [5, 5.41) is 1.77. The van der Waals surface area contributed by atoms with Gasteiger partial charge in [-0.25, -0.2) is 0 Å². The second-order valence-electron chi connectivity index (χ2n) is 3.47. The van der Waals surface area contributed by atoms with Gasteiger partial charge in [-0.3, -0.25) is 4.79 Å². The molecule has 0 saturated heterocycles. The summed E-state index contributed by atoms with van der Waals surface area (Å²) in [6.07, 6.45) is -0.305. The molecule has 0 radical (unpaired) electrons. The van der Waals surface area contributed by atoms with Gasteiger partial charge in [0.15, 0.2) is 6.29 Å². The minimum atomic E-state index is -4.35. The molecule has 5 heteroatoms. The van der Waals surface area contributed by atoms with E-state index in [1.54, 1.807) is 23.6 Å². The van der Waals surface area contributed by atoms with Crippen LogP contribution in [0.3, 0.4) is 0 Å². The fraction of sp³-hybridized carbons (Fsp3) is 0.0833. The molecular weight excluding hydrogens is 249 g/mol. The molecule has 1 atom stereocenters. The molecule has 0 amide bonds. The third-order valence-corrected chi connectivity index (χ3v) is 4.47. The molecule has 1 unspecified atom stereocenters. The Balaban J connectivity index is 2.38. The van der Waals surface area contributed by atoms with Gasteiger partial charge >= 0.3 is 6.18 Å². The van der Waals surface area contributed by atoms with Gasteiger partial charge in [-0.05, 0) is 34.6 Å². The molecule has 90 valence electrons. The number of benzene rings is 1. The Labute approximate surface area is 99.0 Å². The van der Waals surface area contributed by atoms with Crippen LogP contribution in [0.5, 0.6) is 0 Å². The molecule has 1 aromatic rings. The topological polar surface area (TPSA) is 17.1 Å². The van der Waals surface area contributed by atoms with Crippen LogP contribution in [0.4, 0.5) is 13.2 Å². The predicted molar refractivity (Wildman–Crippen MR) is 62.0 cm³/mol. The van der Waals surface area contributed by atoms with Crippen LogP contribution in [0.1, 0.15) is 5.56 Å². The van der Waals surface area contributed by atoms with E-state index in [0.717, 1.165) is 12.1 Å². The lowest BCUT2D eigenvalue weighted by molar-refractivity contribution is -0.137. The maximum Gasteiger partial charge on any atom is 0.416 e. The molecule has 0 fully saturated rings. The van der Waals surface area contributed by atoms with Crippen molar-refractivity contribution in [3.8, 4) is 0 Å². The number of carbonyl (C=O) groups is 1. The van der Waals surface area contributed by atoms with Crippen LogP contribution >= 0.6 is 10.9 Å². The SMILES string of the molecule is O=CC1=CC=C[SH]1c1cccc(C(F)(F)F)c1. The number of hydrogen-bond acceptors (Lipinski definition) is 1. The molecule has 1 aliphatic rings. The molecular formula is C12H9F3OS. The predicted octanol–water partition coefficient (Wildman–Crippen LogP) is 3.68. The van der Waals surface area contributed by atoms with Gasteiger partial charge in [0.25, 0.3) is 0 Å². The number of carbonyl (C=O) groups excluding carboxylic acids is 1. The first-order chi connectivity index (χ1) is 8.02. The molecule has 17 heavy (non-hydrogen) atoms. The third-order valence-electron chi connectivity index (χ3n) is 2.35. The van der Waals surface area contributed by atoms with Gasteiger partial charge in [-0.15, -0.1) is 0 Å². The molecule has 1 heterocycles. The number of rotatable bonds is 2. The van der Waals surface area contributed by atoms with E-state index in [1.165, 1.54) is 6.07 Å². The Bertz CT molecular complexity index is 503. The lowest BCUT2D eigenvalue weighted by atomic mass is 10.2.